The van der Waals surface area contributed by atoms with Crippen molar-refractivity contribution in [3.05, 3.63) is 47.0 Å². The fraction of sp³-hybridized carbons (Fsp3) is 0.636. The SMILES string of the molecule is CC(NC(=O)C1CCCN1C(=O)C(c1cc(N2CCC(CN3CCC(O)CC3)CC2)no1)C(C)C)c1ccc(C#N)c(F)c1. The molecule has 3 aliphatic heterocycles. The third-order valence-electron chi connectivity index (χ3n) is 9.58. The van der Waals surface area contributed by atoms with Gasteiger partial charge in [-0.05, 0) is 75.0 Å². The number of halogens is 1. The summed E-state index contributed by atoms with van der Waals surface area (Å²) in [6.45, 7) is 10.9. The van der Waals surface area contributed by atoms with Crippen LogP contribution in [0.1, 0.15) is 88.1 Å². The van der Waals surface area contributed by atoms with Crippen LogP contribution in [0.4, 0.5) is 10.2 Å². The molecule has 3 unspecified atom stereocenters. The van der Waals surface area contributed by atoms with Crippen molar-refractivity contribution in [3.8, 4) is 6.07 Å². The molecule has 3 saturated heterocycles. The summed E-state index contributed by atoms with van der Waals surface area (Å²) in [7, 11) is 0. The Morgan fingerprint density at radius 2 is 1.82 bits per heavy atom. The van der Waals surface area contributed by atoms with Crippen molar-refractivity contribution < 1.29 is 23.6 Å². The molecule has 0 saturated carbocycles. The highest BCUT2D eigenvalue weighted by molar-refractivity contribution is 5.91. The molecule has 2 amide bonds. The Kier molecular flexibility index (Phi) is 10.2. The maximum absolute atomic E-state index is 14.2. The van der Waals surface area contributed by atoms with Crippen molar-refractivity contribution in [2.24, 2.45) is 11.8 Å². The Morgan fingerprint density at radius 3 is 2.48 bits per heavy atom. The van der Waals surface area contributed by atoms with E-state index < -0.39 is 23.8 Å². The lowest BCUT2D eigenvalue weighted by Crippen LogP contribution is -2.48. The van der Waals surface area contributed by atoms with Crippen LogP contribution >= 0.6 is 0 Å². The van der Waals surface area contributed by atoms with Crippen molar-refractivity contribution in [1.29, 1.82) is 5.26 Å². The first-order chi connectivity index (χ1) is 21.1. The normalized spacial score (nSPS) is 21.8. The number of nitriles is 1. The van der Waals surface area contributed by atoms with Crippen LogP contribution in [0, 0.1) is 29.0 Å². The first-order valence-corrected chi connectivity index (χ1v) is 16.1. The number of amides is 2. The Balaban J connectivity index is 1.19. The molecule has 3 atom stereocenters. The molecular weight excluding hydrogens is 563 g/mol. The number of rotatable bonds is 9. The molecule has 1 aromatic carbocycles. The zero-order valence-electron chi connectivity index (χ0n) is 26.0. The molecule has 44 heavy (non-hydrogen) atoms. The molecule has 0 radical (unpaired) electrons. The third kappa shape index (κ3) is 7.24. The fourth-order valence-electron chi connectivity index (χ4n) is 6.89. The Hall–Kier alpha value is -3.49. The van der Waals surface area contributed by atoms with Gasteiger partial charge in [0.05, 0.1) is 17.7 Å². The molecule has 4 heterocycles. The number of nitrogens with zero attached hydrogens (tertiary/aromatic N) is 5. The number of hydrogen-bond donors (Lipinski definition) is 2. The van der Waals surface area contributed by atoms with Gasteiger partial charge in [-0.3, -0.25) is 9.59 Å². The van der Waals surface area contributed by atoms with E-state index in [0.29, 0.717) is 36.6 Å². The second-order valence-corrected chi connectivity index (χ2v) is 13.0. The number of carbonyl (C=O) groups is 2. The summed E-state index contributed by atoms with van der Waals surface area (Å²) in [4.78, 5) is 33.7. The van der Waals surface area contributed by atoms with Crippen LogP contribution in [0.3, 0.4) is 0 Å². The fourth-order valence-corrected chi connectivity index (χ4v) is 6.89. The molecular formula is C33H45FN6O4. The summed E-state index contributed by atoms with van der Waals surface area (Å²) in [6.07, 6.45) is 4.95. The number of benzene rings is 1. The summed E-state index contributed by atoms with van der Waals surface area (Å²) in [5, 5.41) is 26.1. The van der Waals surface area contributed by atoms with E-state index in [4.69, 9.17) is 9.78 Å². The maximum atomic E-state index is 14.2. The third-order valence-corrected chi connectivity index (χ3v) is 9.58. The maximum Gasteiger partial charge on any atom is 0.243 e. The molecule has 5 rings (SSSR count). The topological polar surface area (TPSA) is 126 Å². The van der Waals surface area contributed by atoms with E-state index in [2.05, 4.69) is 20.3 Å². The molecule has 11 heteroatoms. The minimum atomic E-state index is -0.627. The van der Waals surface area contributed by atoms with Crippen molar-refractivity contribution in [2.75, 3.05) is 44.2 Å². The summed E-state index contributed by atoms with van der Waals surface area (Å²) >= 11 is 0. The van der Waals surface area contributed by atoms with Crippen LogP contribution in [0.25, 0.3) is 0 Å². The summed E-state index contributed by atoms with van der Waals surface area (Å²) in [5.41, 5.74) is 0.505. The van der Waals surface area contributed by atoms with Crippen molar-refractivity contribution in [3.63, 3.8) is 0 Å². The van der Waals surface area contributed by atoms with Crippen molar-refractivity contribution >= 4 is 17.6 Å². The minimum Gasteiger partial charge on any atom is -0.393 e. The van der Waals surface area contributed by atoms with E-state index in [-0.39, 0.29) is 29.4 Å². The van der Waals surface area contributed by atoms with Gasteiger partial charge >= 0.3 is 0 Å². The predicted octanol–water partition coefficient (Wildman–Crippen LogP) is 3.97. The molecule has 10 nitrogen and oxygen atoms in total. The predicted molar refractivity (Wildman–Crippen MR) is 163 cm³/mol. The monoisotopic (exact) mass is 608 g/mol. The average molecular weight is 609 g/mol. The van der Waals surface area contributed by atoms with E-state index >= 15 is 0 Å². The number of aromatic nitrogens is 1. The highest BCUT2D eigenvalue weighted by atomic mass is 19.1. The molecule has 0 aliphatic carbocycles. The van der Waals surface area contributed by atoms with Crippen LogP contribution in [-0.2, 0) is 9.59 Å². The number of carbonyl (C=O) groups excluding carboxylic acids is 2. The van der Waals surface area contributed by atoms with E-state index in [9.17, 15) is 19.1 Å². The standard InChI is InChI=1S/C33H45FN6O4/c1-21(2)31(29-18-30(37-44-29)39-15-8-23(9-16-39)20-38-13-10-26(41)11-14-38)33(43)40-12-4-5-28(40)32(42)36-22(3)24-6-7-25(19-35)27(34)17-24/h6-7,17-18,21-23,26,28,31,41H,4-5,8-16,20H2,1-3H3,(H,36,42). The lowest BCUT2D eigenvalue weighted by atomic mass is 9.91. The highest BCUT2D eigenvalue weighted by Crippen LogP contribution is 2.34. The van der Waals surface area contributed by atoms with Gasteiger partial charge < -0.3 is 29.6 Å². The molecule has 1 aromatic heterocycles. The van der Waals surface area contributed by atoms with Crippen LogP contribution in [0.5, 0.6) is 0 Å². The molecule has 3 aliphatic rings. The van der Waals surface area contributed by atoms with Crippen LogP contribution in [0.15, 0.2) is 28.8 Å². The number of nitrogens with one attached hydrogen (secondary N) is 1. The summed E-state index contributed by atoms with van der Waals surface area (Å²) in [5.74, 6) is 0.190. The summed E-state index contributed by atoms with van der Waals surface area (Å²) in [6, 6.07) is 6.88. The molecule has 2 aromatic rings. The van der Waals surface area contributed by atoms with Gasteiger partial charge in [0.15, 0.2) is 11.6 Å². The number of anilines is 1. The van der Waals surface area contributed by atoms with Gasteiger partial charge in [-0.1, -0.05) is 25.1 Å². The van der Waals surface area contributed by atoms with Crippen LogP contribution in [0.2, 0.25) is 0 Å². The molecule has 238 valence electrons. The van der Waals surface area contributed by atoms with Gasteiger partial charge in [0.1, 0.15) is 23.8 Å². The van der Waals surface area contributed by atoms with Gasteiger partial charge in [0.2, 0.25) is 11.8 Å². The van der Waals surface area contributed by atoms with Crippen LogP contribution in [-0.4, -0.2) is 83.3 Å². The van der Waals surface area contributed by atoms with Gasteiger partial charge in [0, 0.05) is 45.3 Å². The zero-order valence-corrected chi connectivity index (χ0v) is 26.0. The van der Waals surface area contributed by atoms with E-state index in [1.807, 2.05) is 19.9 Å². The highest BCUT2D eigenvalue weighted by Gasteiger charge is 2.40. The second-order valence-electron chi connectivity index (χ2n) is 13.0. The van der Waals surface area contributed by atoms with E-state index in [0.717, 1.165) is 64.2 Å². The Labute approximate surface area is 259 Å². The summed E-state index contributed by atoms with van der Waals surface area (Å²) < 4.78 is 20.0. The molecule has 3 fully saturated rings. The second kappa shape index (κ2) is 14.1. The Morgan fingerprint density at radius 1 is 1.09 bits per heavy atom. The number of aliphatic hydroxyl groups is 1. The number of likely N-dealkylation sites (tertiary alicyclic amines) is 2. The van der Waals surface area contributed by atoms with E-state index in [1.54, 1.807) is 24.0 Å². The minimum absolute atomic E-state index is 0.0466. The lowest BCUT2D eigenvalue weighted by molar-refractivity contribution is -0.141. The smallest absolute Gasteiger partial charge is 0.243 e. The molecule has 0 spiro atoms. The van der Waals surface area contributed by atoms with Crippen molar-refractivity contribution in [1.82, 2.24) is 20.3 Å². The largest absolute Gasteiger partial charge is 0.393 e. The van der Waals surface area contributed by atoms with Gasteiger partial charge in [-0.2, -0.15) is 5.26 Å². The lowest BCUT2D eigenvalue weighted by Gasteiger charge is -2.36. The van der Waals surface area contributed by atoms with Crippen molar-refractivity contribution in [2.45, 2.75) is 83.4 Å². The molecule has 2 N–H and O–H groups in total. The van der Waals surface area contributed by atoms with Gasteiger partial charge in [0.25, 0.3) is 0 Å². The van der Waals surface area contributed by atoms with E-state index in [1.165, 1.54) is 12.1 Å². The number of aliphatic hydroxyl groups excluding tert-OH is 1. The quantitative estimate of drug-likeness (QED) is 0.438. The van der Waals surface area contributed by atoms with Crippen LogP contribution < -0.4 is 10.2 Å². The number of piperidine rings is 2. The average Bonchev–Trinajstić information content (AvgIpc) is 3.69. The molecule has 0 bridgehead atoms. The first-order valence-electron chi connectivity index (χ1n) is 16.1. The Bertz CT molecular complexity index is 1340. The number of hydrogen-bond acceptors (Lipinski definition) is 8. The van der Waals surface area contributed by atoms with Gasteiger partial charge in [-0.15, -0.1) is 0 Å². The van der Waals surface area contributed by atoms with Gasteiger partial charge in [-0.25, -0.2) is 4.39 Å². The zero-order chi connectivity index (χ0) is 31.4. The first kappa shape index (κ1) is 31.9.